The van der Waals surface area contributed by atoms with Crippen molar-refractivity contribution in [3.8, 4) is 0 Å². The summed E-state index contributed by atoms with van der Waals surface area (Å²) < 4.78 is 5.71. The number of ether oxygens (including phenoxy) is 1. The summed E-state index contributed by atoms with van der Waals surface area (Å²) in [6, 6.07) is 1.29. The molecule has 0 radical (unpaired) electrons. The van der Waals surface area contributed by atoms with E-state index in [1.807, 2.05) is 7.11 Å². The molecule has 3 aliphatic rings. The second-order valence-corrected chi connectivity index (χ2v) is 7.48. The number of nitrogens with one attached hydrogen (secondary N) is 1. The number of aliphatic hydroxyl groups excluding tert-OH is 1. The lowest BCUT2D eigenvalue weighted by Crippen LogP contribution is -2.53. The Labute approximate surface area is 122 Å². The first-order valence-electron chi connectivity index (χ1n) is 8.26. The van der Waals surface area contributed by atoms with Crippen LogP contribution in [-0.4, -0.2) is 60.0 Å². The number of piperidine rings is 1. The van der Waals surface area contributed by atoms with Crippen molar-refractivity contribution in [2.24, 2.45) is 0 Å². The van der Waals surface area contributed by atoms with Crippen molar-refractivity contribution in [3.63, 3.8) is 0 Å². The van der Waals surface area contributed by atoms with Crippen LogP contribution >= 0.6 is 0 Å². The van der Waals surface area contributed by atoms with Gasteiger partial charge in [-0.2, -0.15) is 0 Å². The molecule has 0 aromatic carbocycles. The Morgan fingerprint density at radius 3 is 2.75 bits per heavy atom. The van der Waals surface area contributed by atoms with Gasteiger partial charge in [-0.25, -0.2) is 0 Å². The Morgan fingerprint density at radius 1 is 1.30 bits per heavy atom. The smallest absolute Gasteiger partial charge is 0.0777 e. The van der Waals surface area contributed by atoms with Gasteiger partial charge in [0.05, 0.1) is 12.2 Å². The van der Waals surface area contributed by atoms with Crippen molar-refractivity contribution in [1.29, 1.82) is 0 Å². The van der Waals surface area contributed by atoms with Crippen LogP contribution in [-0.2, 0) is 4.74 Å². The molecule has 2 saturated carbocycles. The topological polar surface area (TPSA) is 44.7 Å². The maximum atomic E-state index is 9.85. The average Bonchev–Trinajstić information content (AvgIpc) is 3.16. The summed E-state index contributed by atoms with van der Waals surface area (Å²) in [5.41, 5.74) is 0.0133. The lowest BCUT2D eigenvalue weighted by Gasteiger charge is -2.42. The molecule has 4 heteroatoms. The summed E-state index contributed by atoms with van der Waals surface area (Å²) in [5, 5.41) is 13.6. The zero-order chi connectivity index (χ0) is 14.2. The summed E-state index contributed by atoms with van der Waals surface area (Å²) in [7, 11) is 1.84. The molecule has 3 fully saturated rings. The van der Waals surface area contributed by atoms with Gasteiger partial charge in [0, 0.05) is 31.3 Å². The maximum absolute atomic E-state index is 9.85. The Morgan fingerprint density at radius 2 is 2.10 bits per heavy atom. The Balaban J connectivity index is 1.60. The minimum absolute atomic E-state index is 0.00719. The maximum Gasteiger partial charge on any atom is 0.0777 e. The van der Waals surface area contributed by atoms with E-state index in [2.05, 4.69) is 17.1 Å². The fourth-order valence-corrected chi connectivity index (χ4v) is 4.11. The van der Waals surface area contributed by atoms with E-state index in [0.29, 0.717) is 12.1 Å². The number of aliphatic hydroxyl groups is 1. The third-order valence-corrected chi connectivity index (χ3v) is 5.67. The van der Waals surface area contributed by atoms with Gasteiger partial charge in [-0.05, 0) is 58.4 Å². The standard InChI is InChI=1S/C16H30N2O2/c1-15(20-2)7-3-9-18(11-15)14-6-8-16(10-14,12-19)17-13-4-5-13/h13-14,17,19H,3-12H2,1-2H3. The summed E-state index contributed by atoms with van der Waals surface area (Å²) >= 11 is 0. The van der Waals surface area contributed by atoms with Gasteiger partial charge in [0.2, 0.25) is 0 Å². The molecule has 0 bridgehead atoms. The third-order valence-electron chi connectivity index (χ3n) is 5.67. The second-order valence-electron chi connectivity index (χ2n) is 7.48. The first kappa shape index (κ1) is 14.8. The van der Waals surface area contributed by atoms with Gasteiger partial charge < -0.3 is 15.2 Å². The normalized spacial score (nSPS) is 43.0. The molecule has 0 aromatic rings. The second kappa shape index (κ2) is 5.56. The molecule has 2 N–H and O–H groups in total. The van der Waals surface area contributed by atoms with Crippen molar-refractivity contribution < 1.29 is 9.84 Å². The van der Waals surface area contributed by atoms with E-state index >= 15 is 0 Å². The van der Waals surface area contributed by atoms with Gasteiger partial charge in [0.15, 0.2) is 0 Å². The first-order chi connectivity index (χ1) is 9.58. The van der Waals surface area contributed by atoms with Crippen LogP contribution in [0, 0.1) is 0 Å². The van der Waals surface area contributed by atoms with E-state index in [0.717, 1.165) is 25.8 Å². The number of hydrogen-bond acceptors (Lipinski definition) is 4. The number of nitrogens with zero attached hydrogens (tertiary/aromatic N) is 1. The number of methoxy groups -OCH3 is 1. The molecule has 4 nitrogen and oxygen atoms in total. The minimum Gasteiger partial charge on any atom is -0.394 e. The predicted molar refractivity (Wildman–Crippen MR) is 79.8 cm³/mol. The minimum atomic E-state index is -0.00719. The Hall–Kier alpha value is -0.160. The lowest BCUT2D eigenvalue weighted by molar-refractivity contribution is -0.0615. The van der Waals surface area contributed by atoms with E-state index < -0.39 is 0 Å². The molecule has 2 aliphatic carbocycles. The molecule has 3 unspecified atom stereocenters. The van der Waals surface area contributed by atoms with Crippen LogP contribution in [0.5, 0.6) is 0 Å². The Bertz CT molecular complexity index is 347. The van der Waals surface area contributed by atoms with Crippen LogP contribution in [0.25, 0.3) is 0 Å². The highest BCUT2D eigenvalue weighted by Crippen LogP contribution is 2.38. The van der Waals surface area contributed by atoms with Crippen molar-refractivity contribution in [2.75, 3.05) is 26.8 Å². The molecule has 0 amide bonds. The van der Waals surface area contributed by atoms with Crippen LogP contribution in [0.4, 0.5) is 0 Å². The van der Waals surface area contributed by atoms with E-state index in [4.69, 9.17) is 4.74 Å². The third kappa shape index (κ3) is 3.03. The summed E-state index contributed by atoms with van der Waals surface area (Å²) in [4.78, 5) is 2.61. The van der Waals surface area contributed by atoms with Crippen LogP contribution in [0.15, 0.2) is 0 Å². The predicted octanol–water partition coefficient (Wildman–Crippen LogP) is 1.52. The monoisotopic (exact) mass is 282 g/mol. The van der Waals surface area contributed by atoms with Gasteiger partial charge in [0.1, 0.15) is 0 Å². The molecule has 1 heterocycles. The van der Waals surface area contributed by atoms with E-state index in [-0.39, 0.29) is 17.7 Å². The van der Waals surface area contributed by atoms with Gasteiger partial charge in [-0.1, -0.05) is 0 Å². The average molecular weight is 282 g/mol. The largest absolute Gasteiger partial charge is 0.394 e. The quantitative estimate of drug-likeness (QED) is 0.802. The van der Waals surface area contributed by atoms with Crippen molar-refractivity contribution in [1.82, 2.24) is 10.2 Å². The van der Waals surface area contributed by atoms with Crippen molar-refractivity contribution >= 4 is 0 Å². The molecule has 1 aliphatic heterocycles. The number of rotatable bonds is 5. The van der Waals surface area contributed by atoms with E-state index in [1.54, 1.807) is 0 Å². The molecular weight excluding hydrogens is 252 g/mol. The van der Waals surface area contributed by atoms with Crippen LogP contribution in [0.2, 0.25) is 0 Å². The molecule has 0 aromatic heterocycles. The van der Waals surface area contributed by atoms with Gasteiger partial charge in [-0.15, -0.1) is 0 Å². The zero-order valence-corrected chi connectivity index (χ0v) is 13.0. The first-order valence-corrected chi connectivity index (χ1v) is 8.26. The molecule has 0 spiro atoms. The van der Waals surface area contributed by atoms with Gasteiger partial charge in [0.25, 0.3) is 0 Å². The Kier molecular flexibility index (Phi) is 4.10. The molecular formula is C16H30N2O2. The fraction of sp³-hybridized carbons (Fsp3) is 1.00. The highest BCUT2D eigenvalue weighted by atomic mass is 16.5. The number of likely N-dealkylation sites (tertiary alicyclic amines) is 1. The van der Waals surface area contributed by atoms with E-state index in [9.17, 15) is 5.11 Å². The molecule has 1 saturated heterocycles. The van der Waals surface area contributed by atoms with Crippen LogP contribution < -0.4 is 5.32 Å². The SMILES string of the molecule is COC1(C)CCCN(C2CCC(CO)(NC3CC3)C2)C1. The lowest BCUT2D eigenvalue weighted by atomic mass is 9.92. The fourth-order valence-electron chi connectivity index (χ4n) is 4.11. The van der Waals surface area contributed by atoms with Crippen LogP contribution in [0.3, 0.4) is 0 Å². The highest BCUT2D eigenvalue weighted by molar-refractivity contribution is 5.04. The zero-order valence-electron chi connectivity index (χ0n) is 13.0. The highest BCUT2D eigenvalue weighted by Gasteiger charge is 2.45. The molecule has 116 valence electrons. The van der Waals surface area contributed by atoms with Crippen molar-refractivity contribution in [2.45, 2.75) is 75.1 Å². The molecule has 20 heavy (non-hydrogen) atoms. The molecule has 3 rings (SSSR count). The summed E-state index contributed by atoms with van der Waals surface area (Å²) in [6.45, 7) is 4.75. The van der Waals surface area contributed by atoms with E-state index in [1.165, 1.54) is 32.2 Å². The van der Waals surface area contributed by atoms with Crippen LogP contribution in [0.1, 0.15) is 51.9 Å². The summed E-state index contributed by atoms with van der Waals surface area (Å²) in [6.07, 6.45) is 8.39. The van der Waals surface area contributed by atoms with Gasteiger partial charge >= 0.3 is 0 Å². The summed E-state index contributed by atoms with van der Waals surface area (Å²) in [5.74, 6) is 0. The van der Waals surface area contributed by atoms with Crippen molar-refractivity contribution in [3.05, 3.63) is 0 Å². The molecule has 3 atom stereocenters. The number of hydrogen-bond donors (Lipinski definition) is 2. The van der Waals surface area contributed by atoms with Gasteiger partial charge in [-0.3, -0.25) is 4.90 Å².